The van der Waals surface area contributed by atoms with Gasteiger partial charge in [-0.2, -0.15) is 0 Å². The molecule has 1 aliphatic rings. The second kappa shape index (κ2) is 10.2. The number of likely N-dealkylation sites (tertiary alicyclic amines) is 1. The number of pyridine rings is 1. The van der Waals surface area contributed by atoms with Crippen molar-refractivity contribution in [3.8, 4) is 11.3 Å². The van der Waals surface area contributed by atoms with Crippen LogP contribution in [-0.4, -0.2) is 57.3 Å². The zero-order valence-corrected chi connectivity index (χ0v) is 18.5. The van der Waals surface area contributed by atoms with Crippen LogP contribution in [-0.2, 0) is 0 Å². The van der Waals surface area contributed by atoms with Gasteiger partial charge in [-0.3, -0.25) is 19.5 Å². The molecule has 1 saturated heterocycles. The first kappa shape index (κ1) is 22.3. The van der Waals surface area contributed by atoms with Gasteiger partial charge in [0, 0.05) is 29.9 Å². The fraction of sp³-hybridized carbons (Fsp3) is 0.292. The molecule has 9 heteroatoms. The molecule has 4 N–H and O–H groups in total. The molecule has 1 aromatic carbocycles. The normalized spacial score (nSPS) is 15.8. The molecule has 0 spiro atoms. The van der Waals surface area contributed by atoms with E-state index in [1.165, 1.54) is 18.8 Å². The number of carbonyl (C=O) groups is 2. The van der Waals surface area contributed by atoms with Crippen LogP contribution in [0, 0.1) is 0 Å². The Morgan fingerprint density at radius 2 is 1.97 bits per heavy atom. The van der Waals surface area contributed by atoms with Crippen molar-refractivity contribution in [1.82, 2.24) is 25.2 Å². The lowest BCUT2D eigenvalue weighted by Crippen LogP contribution is -2.40. The number of rotatable bonds is 7. The molecule has 1 atom stereocenters. The van der Waals surface area contributed by atoms with Crippen molar-refractivity contribution in [2.45, 2.75) is 25.8 Å². The molecule has 9 nitrogen and oxygen atoms in total. The van der Waals surface area contributed by atoms with Crippen LogP contribution < -0.4 is 16.4 Å². The van der Waals surface area contributed by atoms with Crippen molar-refractivity contribution >= 4 is 23.3 Å². The second-order valence-corrected chi connectivity index (χ2v) is 7.90. The molecular formula is C24H27N7O2. The molecular weight excluding hydrogens is 418 g/mol. The highest BCUT2D eigenvalue weighted by atomic mass is 16.2. The molecule has 3 heterocycles. The number of nitrogens with two attached hydrogens (primary N) is 1. The third-order valence-electron chi connectivity index (χ3n) is 5.78. The number of carbonyl (C=O) groups excluding carboxylic acids is 2. The summed E-state index contributed by atoms with van der Waals surface area (Å²) in [5.41, 5.74) is 8.21. The minimum absolute atomic E-state index is 0.0233. The van der Waals surface area contributed by atoms with E-state index in [9.17, 15) is 9.59 Å². The van der Waals surface area contributed by atoms with Gasteiger partial charge in [0.1, 0.15) is 0 Å². The molecule has 2 amide bonds. The Morgan fingerprint density at radius 1 is 1.15 bits per heavy atom. The maximum atomic E-state index is 12.6. The summed E-state index contributed by atoms with van der Waals surface area (Å²) in [5, 5.41) is 5.74. The van der Waals surface area contributed by atoms with Crippen molar-refractivity contribution < 1.29 is 9.59 Å². The number of nitrogens with one attached hydrogen (secondary N) is 2. The SMILES string of the molecule is CCN1CCCC1CNC(=O)c1ccc(-c2cnc(N)c(C(=O)Nc3cccnc3)n2)cc1. The summed E-state index contributed by atoms with van der Waals surface area (Å²) in [4.78, 5) is 40.1. The lowest BCUT2D eigenvalue weighted by Gasteiger charge is -2.22. The first-order valence-corrected chi connectivity index (χ1v) is 11.0. The average molecular weight is 446 g/mol. The topological polar surface area (TPSA) is 126 Å². The van der Waals surface area contributed by atoms with Gasteiger partial charge in [0.15, 0.2) is 11.5 Å². The van der Waals surface area contributed by atoms with Crippen molar-refractivity contribution in [2.75, 3.05) is 30.7 Å². The highest BCUT2D eigenvalue weighted by molar-refractivity contribution is 6.05. The third-order valence-corrected chi connectivity index (χ3v) is 5.78. The molecule has 1 aliphatic heterocycles. The van der Waals surface area contributed by atoms with Crippen molar-refractivity contribution in [2.24, 2.45) is 0 Å². The number of nitrogens with zero attached hydrogens (tertiary/aromatic N) is 4. The molecule has 1 fully saturated rings. The van der Waals surface area contributed by atoms with Gasteiger partial charge in [-0.05, 0) is 50.2 Å². The standard InChI is InChI=1S/C24H27N7O2/c1-2-31-12-4-6-19(31)14-28-23(32)17-9-7-16(8-10-17)20-15-27-22(25)21(30-20)24(33)29-18-5-3-11-26-13-18/h3,5,7-11,13,15,19H,2,4,6,12,14H2,1H3,(H2,25,27)(H,28,32)(H,29,33). The lowest BCUT2D eigenvalue weighted by atomic mass is 10.1. The molecule has 2 aromatic heterocycles. The van der Waals surface area contributed by atoms with Gasteiger partial charge in [0.05, 0.1) is 23.8 Å². The maximum Gasteiger partial charge on any atom is 0.278 e. The molecule has 3 aromatic rings. The fourth-order valence-corrected chi connectivity index (χ4v) is 3.98. The Labute approximate surface area is 192 Å². The highest BCUT2D eigenvalue weighted by Gasteiger charge is 2.23. The van der Waals surface area contributed by atoms with Crippen LogP contribution in [0.2, 0.25) is 0 Å². The predicted octanol–water partition coefficient (Wildman–Crippen LogP) is 2.59. The number of hydrogen-bond acceptors (Lipinski definition) is 7. The molecule has 0 aliphatic carbocycles. The monoisotopic (exact) mass is 445 g/mol. The van der Waals surface area contributed by atoms with E-state index >= 15 is 0 Å². The molecule has 4 rings (SSSR count). The second-order valence-electron chi connectivity index (χ2n) is 7.90. The van der Waals surface area contributed by atoms with Gasteiger partial charge in [-0.1, -0.05) is 19.1 Å². The Bertz CT molecular complexity index is 1120. The van der Waals surface area contributed by atoms with E-state index in [0.717, 1.165) is 25.1 Å². The summed E-state index contributed by atoms with van der Waals surface area (Å²) in [6.45, 7) is 4.89. The smallest absolute Gasteiger partial charge is 0.278 e. The van der Waals surface area contributed by atoms with E-state index in [1.807, 2.05) is 0 Å². The molecule has 0 radical (unpaired) electrons. The first-order valence-electron chi connectivity index (χ1n) is 11.0. The molecule has 0 bridgehead atoms. The number of hydrogen-bond donors (Lipinski definition) is 3. The fourth-order valence-electron chi connectivity index (χ4n) is 3.98. The predicted molar refractivity (Wildman–Crippen MR) is 127 cm³/mol. The zero-order valence-electron chi connectivity index (χ0n) is 18.5. The minimum atomic E-state index is -0.473. The highest BCUT2D eigenvalue weighted by Crippen LogP contribution is 2.20. The molecule has 0 saturated carbocycles. The first-order chi connectivity index (χ1) is 16.0. The summed E-state index contributed by atoms with van der Waals surface area (Å²) in [5.74, 6) is -0.549. The Kier molecular flexibility index (Phi) is 6.89. The number of nitrogen functional groups attached to an aromatic ring is 1. The van der Waals surface area contributed by atoms with Gasteiger partial charge in [0.2, 0.25) is 0 Å². The molecule has 170 valence electrons. The van der Waals surface area contributed by atoms with Crippen LogP contribution in [0.1, 0.15) is 40.6 Å². The molecule has 1 unspecified atom stereocenters. The van der Waals surface area contributed by atoms with Gasteiger partial charge in [0.25, 0.3) is 11.8 Å². The Hall–Kier alpha value is -3.85. The van der Waals surface area contributed by atoms with Crippen molar-refractivity contribution in [3.05, 3.63) is 66.2 Å². The third kappa shape index (κ3) is 5.32. The largest absolute Gasteiger partial charge is 0.382 e. The van der Waals surface area contributed by atoms with E-state index in [4.69, 9.17) is 5.73 Å². The van der Waals surface area contributed by atoms with Crippen LogP contribution in [0.25, 0.3) is 11.3 Å². The summed E-state index contributed by atoms with van der Waals surface area (Å²) in [6, 6.07) is 10.9. The van der Waals surface area contributed by atoms with Crippen LogP contribution in [0.4, 0.5) is 11.5 Å². The average Bonchev–Trinajstić information content (AvgIpc) is 3.31. The van der Waals surface area contributed by atoms with E-state index in [0.29, 0.717) is 29.5 Å². The van der Waals surface area contributed by atoms with Gasteiger partial charge in [-0.25, -0.2) is 9.97 Å². The van der Waals surface area contributed by atoms with E-state index in [1.54, 1.807) is 42.6 Å². The molecule has 33 heavy (non-hydrogen) atoms. The number of aromatic nitrogens is 3. The van der Waals surface area contributed by atoms with Gasteiger partial charge < -0.3 is 16.4 Å². The number of benzene rings is 1. The van der Waals surface area contributed by atoms with E-state index < -0.39 is 5.91 Å². The van der Waals surface area contributed by atoms with Crippen LogP contribution >= 0.6 is 0 Å². The number of anilines is 2. The quantitative estimate of drug-likeness (QED) is 0.510. The number of likely N-dealkylation sites (N-methyl/N-ethyl adjacent to an activating group) is 1. The minimum Gasteiger partial charge on any atom is -0.382 e. The van der Waals surface area contributed by atoms with E-state index in [2.05, 4.69) is 37.4 Å². The summed E-state index contributed by atoms with van der Waals surface area (Å²) in [7, 11) is 0. The summed E-state index contributed by atoms with van der Waals surface area (Å²) >= 11 is 0. The van der Waals surface area contributed by atoms with Crippen molar-refractivity contribution in [3.63, 3.8) is 0 Å². The van der Waals surface area contributed by atoms with Crippen LogP contribution in [0.5, 0.6) is 0 Å². The lowest BCUT2D eigenvalue weighted by molar-refractivity contribution is 0.0940. The van der Waals surface area contributed by atoms with Crippen LogP contribution in [0.15, 0.2) is 55.0 Å². The summed E-state index contributed by atoms with van der Waals surface area (Å²) < 4.78 is 0. The van der Waals surface area contributed by atoms with E-state index in [-0.39, 0.29) is 17.4 Å². The van der Waals surface area contributed by atoms with Crippen molar-refractivity contribution in [1.29, 1.82) is 0 Å². The zero-order chi connectivity index (χ0) is 23.2. The van der Waals surface area contributed by atoms with Gasteiger partial charge in [-0.15, -0.1) is 0 Å². The summed E-state index contributed by atoms with van der Waals surface area (Å²) in [6.07, 6.45) is 6.93. The Balaban J connectivity index is 1.43. The van der Waals surface area contributed by atoms with Gasteiger partial charge >= 0.3 is 0 Å². The number of amides is 2. The maximum absolute atomic E-state index is 12.6. The van der Waals surface area contributed by atoms with Crippen LogP contribution in [0.3, 0.4) is 0 Å². The Morgan fingerprint density at radius 3 is 2.70 bits per heavy atom.